The van der Waals surface area contributed by atoms with Gasteiger partial charge in [0.25, 0.3) is 11.8 Å². The quantitative estimate of drug-likeness (QED) is 0.772. The molecule has 1 aliphatic heterocycles. The molecule has 27 heavy (non-hydrogen) atoms. The van der Waals surface area contributed by atoms with Crippen LogP contribution in [0.1, 0.15) is 33.5 Å². The molecule has 0 atom stereocenters. The number of halogens is 1. The fraction of sp³-hybridized carbons (Fsp3) is 0.250. The molecule has 6 nitrogen and oxygen atoms in total. The zero-order valence-electron chi connectivity index (χ0n) is 14.9. The number of likely N-dealkylation sites (N-methyl/N-ethyl adjacent to an activating group) is 1. The van der Waals surface area contributed by atoms with E-state index in [1.165, 1.54) is 12.1 Å². The lowest BCUT2D eigenvalue weighted by molar-refractivity contribution is 0.0709. The van der Waals surface area contributed by atoms with E-state index in [2.05, 4.69) is 10.3 Å². The van der Waals surface area contributed by atoms with Gasteiger partial charge in [-0.25, -0.2) is 9.37 Å². The van der Waals surface area contributed by atoms with Crippen LogP contribution in [0.2, 0.25) is 0 Å². The third-order valence-corrected chi connectivity index (χ3v) is 4.81. The molecule has 0 spiro atoms. The van der Waals surface area contributed by atoms with E-state index in [-0.39, 0.29) is 24.2 Å². The predicted octanol–water partition coefficient (Wildman–Crippen LogP) is 2.58. The Balaban J connectivity index is 1.57. The first-order valence-electron chi connectivity index (χ1n) is 8.89. The van der Waals surface area contributed by atoms with Crippen LogP contribution < -0.4 is 5.32 Å². The van der Waals surface area contributed by atoms with Gasteiger partial charge in [0.05, 0.1) is 11.0 Å². The van der Waals surface area contributed by atoms with Crippen molar-refractivity contribution < 1.29 is 14.0 Å². The van der Waals surface area contributed by atoms with Crippen molar-refractivity contribution in [2.75, 3.05) is 13.1 Å². The molecule has 2 aromatic carbocycles. The summed E-state index contributed by atoms with van der Waals surface area (Å²) in [6, 6.07) is 11.3. The third kappa shape index (κ3) is 3.16. The highest BCUT2D eigenvalue weighted by molar-refractivity contribution is 5.99. The number of amides is 2. The number of hydrogen-bond donors (Lipinski definition) is 1. The molecule has 0 bridgehead atoms. The van der Waals surface area contributed by atoms with Gasteiger partial charge in [0, 0.05) is 31.7 Å². The molecule has 1 N–H and O–H groups in total. The number of aromatic nitrogens is 2. The van der Waals surface area contributed by atoms with Crippen LogP contribution in [0.5, 0.6) is 0 Å². The summed E-state index contributed by atoms with van der Waals surface area (Å²) in [6.45, 7) is 4.17. The number of carbonyl (C=O) groups is 2. The summed E-state index contributed by atoms with van der Waals surface area (Å²) in [5, 5.41) is 2.78. The highest BCUT2D eigenvalue weighted by Gasteiger charge is 2.27. The monoisotopic (exact) mass is 366 g/mol. The molecule has 1 aliphatic rings. The molecule has 7 heteroatoms. The van der Waals surface area contributed by atoms with Crippen LogP contribution in [0.15, 0.2) is 42.5 Å². The van der Waals surface area contributed by atoms with Crippen molar-refractivity contribution in [3.63, 3.8) is 0 Å². The number of benzene rings is 2. The van der Waals surface area contributed by atoms with Gasteiger partial charge >= 0.3 is 0 Å². The zero-order chi connectivity index (χ0) is 19.0. The van der Waals surface area contributed by atoms with Crippen molar-refractivity contribution in [3.8, 4) is 0 Å². The van der Waals surface area contributed by atoms with E-state index in [4.69, 9.17) is 0 Å². The van der Waals surface area contributed by atoms with E-state index >= 15 is 0 Å². The molecular formula is C20H19FN4O2. The second-order valence-corrected chi connectivity index (χ2v) is 6.49. The topological polar surface area (TPSA) is 67.2 Å². The normalized spacial score (nSPS) is 13.7. The summed E-state index contributed by atoms with van der Waals surface area (Å²) in [5.41, 5.74) is 2.60. The van der Waals surface area contributed by atoms with Crippen LogP contribution >= 0.6 is 0 Å². The maximum atomic E-state index is 13.2. The Morgan fingerprint density at radius 3 is 2.85 bits per heavy atom. The first kappa shape index (κ1) is 17.2. The molecule has 4 rings (SSSR count). The molecule has 0 unspecified atom stereocenters. The predicted molar refractivity (Wildman–Crippen MR) is 98.9 cm³/mol. The lowest BCUT2D eigenvalue weighted by atomic mass is 10.1. The maximum Gasteiger partial charge on any atom is 0.289 e. The second-order valence-electron chi connectivity index (χ2n) is 6.49. The summed E-state index contributed by atoms with van der Waals surface area (Å²) >= 11 is 0. The summed E-state index contributed by atoms with van der Waals surface area (Å²) in [5.74, 6) is -0.279. The van der Waals surface area contributed by atoms with Crippen molar-refractivity contribution >= 4 is 22.8 Å². The van der Waals surface area contributed by atoms with Crippen LogP contribution in [0, 0.1) is 5.82 Å². The number of imidazole rings is 1. The van der Waals surface area contributed by atoms with E-state index in [1.807, 2.05) is 17.6 Å². The Morgan fingerprint density at radius 2 is 2.07 bits per heavy atom. The summed E-state index contributed by atoms with van der Waals surface area (Å²) in [4.78, 5) is 31.1. The number of fused-ring (bicyclic) bond motifs is 3. The minimum atomic E-state index is -0.336. The van der Waals surface area contributed by atoms with Crippen LogP contribution in [0.3, 0.4) is 0 Å². The highest BCUT2D eigenvalue weighted by atomic mass is 19.1. The minimum Gasteiger partial charge on any atom is -0.348 e. The first-order valence-corrected chi connectivity index (χ1v) is 8.89. The maximum absolute atomic E-state index is 13.2. The molecule has 138 valence electrons. The third-order valence-electron chi connectivity index (χ3n) is 4.81. The molecule has 0 aliphatic carbocycles. The molecule has 2 amide bonds. The molecule has 0 fully saturated rings. The van der Waals surface area contributed by atoms with E-state index in [1.54, 1.807) is 29.2 Å². The van der Waals surface area contributed by atoms with E-state index < -0.39 is 0 Å². The SMILES string of the molecule is CCN1CCn2c(nc3cc(C(=O)NCc4cccc(F)c4)ccc32)C1=O. The van der Waals surface area contributed by atoms with E-state index in [9.17, 15) is 14.0 Å². The van der Waals surface area contributed by atoms with Gasteiger partial charge < -0.3 is 14.8 Å². The fourth-order valence-corrected chi connectivity index (χ4v) is 3.36. The van der Waals surface area contributed by atoms with Gasteiger partial charge in [-0.05, 0) is 42.8 Å². The van der Waals surface area contributed by atoms with Gasteiger partial charge in [0.2, 0.25) is 0 Å². The minimum absolute atomic E-state index is 0.0861. The number of carbonyl (C=O) groups excluding carboxylic acids is 2. The molecule has 2 heterocycles. The number of nitrogens with one attached hydrogen (secondary N) is 1. The molecule has 0 saturated carbocycles. The smallest absolute Gasteiger partial charge is 0.289 e. The highest BCUT2D eigenvalue weighted by Crippen LogP contribution is 2.22. The molecule has 1 aromatic heterocycles. The average molecular weight is 366 g/mol. The fourth-order valence-electron chi connectivity index (χ4n) is 3.36. The van der Waals surface area contributed by atoms with Crippen LogP contribution in [0.4, 0.5) is 4.39 Å². The molecule has 0 saturated heterocycles. The van der Waals surface area contributed by atoms with Crippen LogP contribution in [-0.2, 0) is 13.1 Å². The van der Waals surface area contributed by atoms with Gasteiger partial charge in [0.1, 0.15) is 5.82 Å². The van der Waals surface area contributed by atoms with Gasteiger partial charge in [-0.2, -0.15) is 0 Å². The van der Waals surface area contributed by atoms with Crippen molar-refractivity contribution in [3.05, 3.63) is 65.2 Å². The second kappa shape index (κ2) is 6.83. The van der Waals surface area contributed by atoms with E-state index in [0.717, 1.165) is 5.52 Å². The largest absolute Gasteiger partial charge is 0.348 e. The van der Waals surface area contributed by atoms with Crippen molar-refractivity contribution in [2.24, 2.45) is 0 Å². The van der Waals surface area contributed by atoms with Gasteiger partial charge in [-0.15, -0.1) is 0 Å². The molecule has 3 aromatic rings. The lowest BCUT2D eigenvalue weighted by Gasteiger charge is -2.26. The van der Waals surface area contributed by atoms with Crippen molar-refractivity contribution in [1.29, 1.82) is 0 Å². The van der Waals surface area contributed by atoms with Crippen molar-refractivity contribution in [2.45, 2.75) is 20.0 Å². The standard InChI is InChI=1S/C20H19FN4O2/c1-2-24-8-9-25-17-7-6-14(11-16(17)23-18(25)20(24)27)19(26)22-12-13-4-3-5-15(21)10-13/h3-7,10-11H,2,8-9,12H2,1H3,(H,22,26). The number of rotatable bonds is 4. The Hall–Kier alpha value is -3.22. The Labute approximate surface area is 155 Å². The summed E-state index contributed by atoms with van der Waals surface area (Å²) < 4.78 is 15.1. The van der Waals surface area contributed by atoms with Crippen LogP contribution in [-0.4, -0.2) is 39.4 Å². The van der Waals surface area contributed by atoms with Crippen LogP contribution in [0.25, 0.3) is 11.0 Å². The summed E-state index contributed by atoms with van der Waals surface area (Å²) in [7, 11) is 0. The van der Waals surface area contributed by atoms with E-state index in [0.29, 0.717) is 42.1 Å². The Bertz CT molecular complexity index is 1040. The Morgan fingerprint density at radius 1 is 1.22 bits per heavy atom. The zero-order valence-corrected chi connectivity index (χ0v) is 14.9. The molecular weight excluding hydrogens is 347 g/mol. The number of hydrogen-bond acceptors (Lipinski definition) is 3. The van der Waals surface area contributed by atoms with Crippen molar-refractivity contribution in [1.82, 2.24) is 19.8 Å². The summed E-state index contributed by atoms with van der Waals surface area (Å²) in [6.07, 6.45) is 0. The Kier molecular flexibility index (Phi) is 4.35. The number of nitrogens with zero attached hydrogens (tertiary/aromatic N) is 3. The van der Waals surface area contributed by atoms with Gasteiger partial charge in [-0.3, -0.25) is 9.59 Å². The van der Waals surface area contributed by atoms with Gasteiger partial charge in [-0.1, -0.05) is 12.1 Å². The first-order chi connectivity index (χ1) is 13.1. The molecule has 0 radical (unpaired) electrons. The average Bonchev–Trinajstić information content (AvgIpc) is 3.05. The van der Waals surface area contributed by atoms with Gasteiger partial charge in [0.15, 0.2) is 5.82 Å². The lowest BCUT2D eigenvalue weighted by Crippen LogP contribution is -2.40.